The molecule has 0 atom stereocenters. The lowest BCUT2D eigenvalue weighted by Gasteiger charge is -2.17. The highest BCUT2D eigenvalue weighted by atomic mass is 35.5. The van der Waals surface area contributed by atoms with E-state index in [1.807, 2.05) is 43.3 Å². The topological polar surface area (TPSA) is 97.9 Å². The lowest BCUT2D eigenvalue weighted by atomic mass is 10.1. The number of nitrogens with zero attached hydrogens (tertiary/aromatic N) is 3. The standard InChI is InChI=1S/C23H27ClN6O/c1-15(27-13-19-9-10-20(25)28-16(19)2)14-30-17(3)21(24)29-22(23(30)31)26-12-11-18-7-5-4-6-8-18/h4-10,27H,1,11-14H2,2-3H3,(H2,25,28)(H,26,29). The van der Waals surface area contributed by atoms with Crippen molar-refractivity contribution in [3.8, 4) is 0 Å². The third kappa shape index (κ3) is 5.86. The zero-order valence-corrected chi connectivity index (χ0v) is 18.5. The molecule has 3 rings (SSSR count). The molecule has 0 saturated heterocycles. The molecular weight excluding hydrogens is 412 g/mol. The lowest BCUT2D eigenvalue weighted by Crippen LogP contribution is -2.30. The smallest absolute Gasteiger partial charge is 0.293 e. The largest absolute Gasteiger partial charge is 0.384 e. The number of aromatic nitrogens is 3. The van der Waals surface area contributed by atoms with Crippen molar-refractivity contribution in [3.63, 3.8) is 0 Å². The molecule has 0 amide bonds. The summed E-state index contributed by atoms with van der Waals surface area (Å²) in [4.78, 5) is 21.5. The van der Waals surface area contributed by atoms with Crippen LogP contribution in [0, 0.1) is 13.8 Å². The zero-order chi connectivity index (χ0) is 22.4. The Bertz CT molecular complexity index is 1130. The molecule has 31 heavy (non-hydrogen) atoms. The summed E-state index contributed by atoms with van der Waals surface area (Å²) in [5.74, 6) is 0.721. The van der Waals surface area contributed by atoms with Gasteiger partial charge in [0.2, 0.25) is 0 Å². The van der Waals surface area contributed by atoms with E-state index in [0.29, 0.717) is 30.3 Å². The highest BCUT2D eigenvalue weighted by molar-refractivity contribution is 6.30. The van der Waals surface area contributed by atoms with Gasteiger partial charge in [-0.3, -0.25) is 4.79 Å². The second-order valence-corrected chi connectivity index (χ2v) is 7.69. The van der Waals surface area contributed by atoms with Gasteiger partial charge in [-0.2, -0.15) is 0 Å². The molecule has 0 aliphatic carbocycles. The number of nitrogens with one attached hydrogen (secondary N) is 2. The van der Waals surface area contributed by atoms with Gasteiger partial charge in [0, 0.05) is 24.5 Å². The number of pyridine rings is 1. The van der Waals surface area contributed by atoms with Crippen molar-refractivity contribution in [3.05, 3.63) is 92.8 Å². The van der Waals surface area contributed by atoms with E-state index >= 15 is 0 Å². The molecule has 1 aromatic carbocycles. The van der Waals surface area contributed by atoms with E-state index in [-0.39, 0.29) is 23.1 Å². The van der Waals surface area contributed by atoms with Gasteiger partial charge in [0.15, 0.2) is 11.0 Å². The van der Waals surface area contributed by atoms with Gasteiger partial charge in [-0.25, -0.2) is 9.97 Å². The summed E-state index contributed by atoms with van der Waals surface area (Å²) < 4.78 is 1.57. The molecule has 2 aromatic heterocycles. The van der Waals surface area contributed by atoms with Crippen molar-refractivity contribution in [2.45, 2.75) is 33.4 Å². The summed E-state index contributed by atoms with van der Waals surface area (Å²) in [6, 6.07) is 13.7. The van der Waals surface area contributed by atoms with Crippen LogP contribution >= 0.6 is 11.6 Å². The zero-order valence-electron chi connectivity index (χ0n) is 17.8. The van der Waals surface area contributed by atoms with Crippen LogP contribution < -0.4 is 21.9 Å². The number of benzene rings is 1. The maximum Gasteiger partial charge on any atom is 0.293 e. The van der Waals surface area contributed by atoms with E-state index in [2.05, 4.69) is 27.2 Å². The van der Waals surface area contributed by atoms with Gasteiger partial charge in [-0.15, -0.1) is 0 Å². The Morgan fingerprint density at radius 1 is 1.16 bits per heavy atom. The number of allylic oxidation sites excluding steroid dienone is 1. The van der Waals surface area contributed by atoms with Gasteiger partial charge >= 0.3 is 0 Å². The second-order valence-electron chi connectivity index (χ2n) is 7.33. The van der Waals surface area contributed by atoms with Crippen molar-refractivity contribution in [1.29, 1.82) is 0 Å². The summed E-state index contributed by atoms with van der Waals surface area (Å²) in [7, 11) is 0. The molecule has 162 valence electrons. The monoisotopic (exact) mass is 438 g/mol. The molecule has 4 N–H and O–H groups in total. The minimum absolute atomic E-state index is 0.233. The maximum atomic E-state index is 13.0. The Morgan fingerprint density at radius 3 is 2.61 bits per heavy atom. The minimum atomic E-state index is -0.233. The number of nitrogens with two attached hydrogens (primary N) is 1. The fraction of sp³-hybridized carbons (Fsp3) is 0.261. The Kier molecular flexibility index (Phi) is 7.31. The lowest BCUT2D eigenvalue weighted by molar-refractivity contribution is 0.649. The number of aryl methyl sites for hydroxylation is 1. The summed E-state index contributed by atoms with van der Waals surface area (Å²) in [6.07, 6.45) is 0.774. The van der Waals surface area contributed by atoms with E-state index in [1.54, 1.807) is 17.6 Å². The van der Waals surface area contributed by atoms with Gasteiger partial charge < -0.3 is 20.9 Å². The highest BCUT2D eigenvalue weighted by Crippen LogP contribution is 2.14. The second kappa shape index (κ2) is 10.1. The first kappa shape index (κ1) is 22.4. The van der Waals surface area contributed by atoms with Crippen LogP contribution in [0.4, 0.5) is 11.6 Å². The van der Waals surface area contributed by atoms with E-state index in [1.165, 1.54) is 5.56 Å². The predicted octanol–water partition coefficient (Wildman–Crippen LogP) is 3.45. The van der Waals surface area contributed by atoms with Crippen LogP contribution in [0.1, 0.15) is 22.5 Å². The number of halogens is 1. The van der Waals surface area contributed by atoms with E-state index in [0.717, 1.165) is 17.7 Å². The molecular formula is C23H27ClN6O. The normalized spacial score (nSPS) is 10.7. The average molecular weight is 439 g/mol. The third-order valence-electron chi connectivity index (χ3n) is 5.00. The molecule has 0 aliphatic rings. The molecule has 0 bridgehead atoms. The van der Waals surface area contributed by atoms with Crippen molar-refractivity contribution in [1.82, 2.24) is 19.9 Å². The summed E-state index contributed by atoms with van der Waals surface area (Å²) in [6.45, 7) is 9.12. The molecule has 3 aromatic rings. The van der Waals surface area contributed by atoms with Crippen LogP contribution in [0.15, 0.2) is 59.5 Å². The average Bonchev–Trinajstić information content (AvgIpc) is 2.75. The molecule has 2 heterocycles. The fourth-order valence-corrected chi connectivity index (χ4v) is 3.34. The highest BCUT2D eigenvalue weighted by Gasteiger charge is 2.13. The van der Waals surface area contributed by atoms with Crippen LogP contribution in [0.3, 0.4) is 0 Å². The van der Waals surface area contributed by atoms with Gasteiger partial charge in [-0.1, -0.05) is 54.6 Å². The van der Waals surface area contributed by atoms with Gasteiger partial charge in [0.25, 0.3) is 5.56 Å². The fourth-order valence-electron chi connectivity index (χ4n) is 3.16. The predicted molar refractivity (Wildman–Crippen MR) is 126 cm³/mol. The van der Waals surface area contributed by atoms with E-state index < -0.39 is 0 Å². The Balaban J connectivity index is 1.67. The summed E-state index contributed by atoms with van der Waals surface area (Å²) in [5, 5.41) is 6.65. The molecule has 8 heteroatoms. The van der Waals surface area contributed by atoms with Crippen LogP contribution in [0.25, 0.3) is 0 Å². The molecule has 0 radical (unpaired) electrons. The summed E-state index contributed by atoms with van der Waals surface area (Å²) in [5.41, 5.74) is 9.78. The van der Waals surface area contributed by atoms with E-state index in [4.69, 9.17) is 17.3 Å². The first-order valence-corrected chi connectivity index (χ1v) is 10.4. The number of nitrogen functional groups attached to an aromatic ring is 1. The van der Waals surface area contributed by atoms with Gasteiger partial charge in [0.05, 0.1) is 12.2 Å². The molecule has 0 spiro atoms. The van der Waals surface area contributed by atoms with Crippen molar-refractivity contribution >= 4 is 23.2 Å². The van der Waals surface area contributed by atoms with Crippen molar-refractivity contribution in [2.24, 2.45) is 0 Å². The van der Waals surface area contributed by atoms with Gasteiger partial charge in [-0.05, 0) is 37.5 Å². The van der Waals surface area contributed by atoms with E-state index in [9.17, 15) is 4.79 Å². The molecule has 0 saturated carbocycles. The minimum Gasteiger partial charge on any atom is -0.384 e. The SMILES string of the molecule is C=C(Cn1c(C)c(Cl)nc(NCCc2ccccc2)c1=O)NCc1ccc(N)nc1C. The van der Waals surface area contributed by atoms with Crippen molar-refractivity contribution in [2.75, 3.05) is 17.6 Å². The Labute approximate surface area is 187 Å². The van der Waals surface area contributed by atoms with Gasteiger partial charge in [0.1, 0.15) is 5.82 Å². The third-order valence-corrected chi connectivity index (χ3v) is 5.36. The first-order chi connectivity index (χ1) is 14.8. The number of hydrogen-bond acceptors (Lipinski definition) is 6. The Morgan fingerprint density at radius 2 is 1.90 bits per heavy atom. The van der Waals surface area contributed by atoms with Crippen LogP contribution in [0.2, 0.25) is 5.15 Å². The molecule has 0 aliphatic heterocycles. The molecule has 0 unspecified atom stereocenters. The Hall–Kier alpha value is -3.32. The number of hydrogen-bond donors (Lipinski definition) is 3. The van der Waals surface area contributed by atoms with Crippen LogP contribution in [-0.4, -0.2) is 21.1 Å². The maximum absolute atomic E-state index is 13.0. The molecule has 0 fully saturated rings. The summed E-state index contributed by atoms with van der Waals surface area (Å²) >= 11 is 6.30. The number of rotatable bonds is 9. The molecule has 7 nitrogen and oxygen atoms in total. The number of anilines is 2. The van der Waals surface area contributed by atoms with Crippen LogP contribution in [-0.2, 0) is 19.5 Å². The quantitative estimate of drug-likeness (QED) is 0.473. The van der Waals surface area contributed by atoms with Crippen LogP contribution in [0.5, 0.6) is 0 Å². The first-order valence-electron chi connectivity index (χ1n) is 10.0. The van der Waals surface area contributed by atoms with Crippen molar-refractivity contribution < 1.29 is 0 Å².